The van der Waals surface area contributed by atoms with Gasteiger partial charge in [0.15, 0.2) is 6.61 Å². The van der Waals surface area contributed by atoms with Crippen LogP contribution in [0.25, 0.3) is 0 Å². The topological polar surface area (TPSA) is 99.0 Å². The summed E-state index contributed by atoms with van der Waals surface area (Å²) in [4.78, 5) is 36.8. The van der Waals surface area contributed by atoms with E-state index in [1.54, 1.807) is 11.8 Å². The molecule has 8 nitrogen and oxygen atoms in total. The second-order valence-electron chi connectivity index (χ2n) is 6.68. The maximum absolute atomic E-state index is 12.5. The van der Waals surface area contributed by atoms with Crippen LogP contribution in [0.5, 0.6) is 0 Å². The summed E-state index contributed by atoms with van der Waals surface area (Å²) in [6.07, 6.45) is 4.07. The van der Waals surface area contributed by atoms with Crippen molar-refractivity contribution in [3.8, 4) is 0 Å². The first-order valence-electron chi connectivity index (χ1n) is 8.80. The molecule has 0 unspecified atom stereocenters. The van der Waals surface area contributed by atoms with Gasteiger partial charge in [-0.05, 0) is 25.8 Å². The minimum absolute atomic E-state index is 0.0455. The van der Waals surface area contributed by atoms with Gasteiger partial charge in [-0.3, -0.25) is 14.9 Å². The number of aryl methyl sites for hydroxylation is 1. The van der Waals surface area contributed by atoms with Crippen LogP contribution in [-0.4, -0.2) is 53.6 Å². The van der Waals surface area contributed by atoms with Gasteiger partial charge in [0.25, 0.3) is 11.6 Å². The quantitative estimate of drug-likeness (QED) is 0.463. The van der Waals surface area contributed by atoms with Crippen LogP contribution >= 0.6 is 0 Å². The minimum atomic E-state index is -0.741. The fourth-order valence-corrected chi connectivity index (χ4v) is 3.63. The average Bonchev–Trinajstić information content (AvgIpc) is 2.65. The molecule has 1 aromatic rings. The molecule has 0 radical (unpaired) electrons. The van der Waals surface area contributed by atoms with Crippen molar-refractivity contribution >= 4 is 17.6 Å². The lowest BCUT2D eigenvalue weighted by atomic mass is 9.90. The standard InChI is InChI=1S/C18H22N2O6/c1-12-6-7-13(10-15(12)20(23)24)18(22)26-11-17(21)19-8-9-25-16-5-3-2-4-14(16)19/h6-7,10,14,16H,2-5,8-9,11H2,1H3/t14-,16+/m1/s1. The molecule has 0 bridgehead atoms. The van der Waals surface area contributed by atoms with Crippen molar-refractivity contribution < 1.29 is 24.0 Å². The Labute approximate surface area is 151 Å². The normalized spacial score (nSPS) is 22.4. The zero-order valence-corrected chi connectivity index (χ0v) is 14.7. The summed E-state index contributed by atoms with van der Waals surface area (Å²) in [5.41, 5.74) is 0.371. The lowest BCUT2D eigenvalue weighted by Crippen LogP contribution is -2.55. The Balaban J connectivity index is 1.61. The van der Waals surface area contributed by atoms with Crippen LogP contribution in [0.1, 0.15) is 41.6 Å². The van der Waals surface area contributed by atoms with E-state index in [-0.39, 0.29) is 35.9 Å². The fourth-order valence-electron chi connectivity index (χ4n) is 3.63. The first kappa shape index (κ1) is 18.3. The van der Waals surface area contributed by atoms with Crippen molar-refractivity contribution in [1.29, 1.82) is 0 Å². The zero-order chi connectivity index (χ0) is 18.7. The van der Waals surface area contributed by atoms with Crippen molar-refractivity contribution in [2.45, 2.75) is 44.8 Å². The van der Waals surface area contributed by atoms with Gasteiger partial charge in [-0.2, -0.15) is 0 Å². The Morgan fingerprint density at radius 2 is 2.12 bits per heavy atom. The number of rotatable bonds is 4. The van der Waals surface area contributed by atoms with Gasteiger partial charge in [-0.25, -0.2) is 4.79 Å². The number of hydrogen-bond acceptors (Lipinski definition) is 6. The lowest BCUT2D eigenvalue weighted by Gasteiger charge is -2.43. The van der Waals surface area contributed by atoms with Crippen molar-refractivity contribution in [3.63, 3.8) is 0 Å². The van der Waals surface area contributed by atoms with Gasteiger partial charge in [-0.1, -0.05) is 18.9 Å². The minimum Gasteiger partial charge on any atom is -0.452 e. The molecular formula is C18H22N2O6. The molecule has 1 saturated carbocycles. The number of nitrogens with zero attached hydrogens (tertiary/aromatic N) is 2. The molecule has 1 saturated heterocycles. The number of amides is 1. The Kier molecular flexibility index (Phi) is 5.51. The van der Waals surface area contributed by atoms with E-state index < -0.39 is 10.9 Å². The van der Waals surface area contributed by atoms with E-state index in [2.05, 4.69) is 0 Å². The average molecular weight is 362 g/mol. The van der Waals surface area contributed by atoms with Crippen LogP contribution in [-0.2, 0) is 14.3 Å². The molecule has 1 aromatic carbocycles. The van der Waals surface area contributed by atoms with Gasteiger partial charge < -0.3 is 14.4 Å². The van der Waals surface area contributed by atoms with Crippen LogP contribution in [0.15, 0.2) is 18.2 Å². The highest BCUT2D eigenvalue weighted by Gasteiger charge is 2.36. The summed E-state index contributed by atoms with van der Waals surface area (Å²) in [7, 11) is 0. The van der Waals surface area contributed by atoms with Gasteiger partial charge in [0.1, 0.15) is 0 Å². The first-order chi connectivity index (χ1) is 12.5. The third-order valence-corrected chi connectivity index (χ3v) is 5.02. The fraction of sp³-hybridized carbons (Fsp3) is 0.556. The van der Waals surface area contributed by atoms with E-state index in [0.717, 1.165) is 25.7 Å². The molecule has 1 amide bonds. The van der Waals surface area contributed by atoms with Crippen LogP contribution in [0.3, 0.4) is 0 Å². The predicted molar refractivity (Wildman–Crippen MR) is 91.8 cm³/mol. The highest BCUT2D eigenvalue weighted by molar-refractivity contribution is 5.92. The number of nitro groups is 1. The highest BCUT2D eigenvalue weighted by Crippen LogP contribution is 2.28. The molecule has 1 heterocycles. The summed E-state index contributed by atoms with van der Waals surface area (Å²) in [5, 5.41) is 11.0. The van der Waals surface area contributed by atoms with E-state index in [4.69, 9.17) is 9.47 Å². The van der Waals surface area contributed by atoms with E-state index in [1.165, 1.54) is 18.2 Å². The molecule has 1 aliphatic heterocycles. The van der Waals surface area contributed by atoms with Gasteiger partial charge >= 0.3 is 5.97 Å². The zero-order valence-electron chi connectivity index (χ0n) is 14.7. The predicted octanol–water partition coefficient (Wildman–Crippen LogP) is 2.23. The number of esters is 1. The number of nitro benzene ring substituents is 1. The Morgan fingerprint density at radius 1 is 1.35 bits per heavy atom. The Bertz CT molecular complexity index is 718. The molecule has 3 rings (SSSR count). The maximum Gasteiger partial charge on any atom is 0.338 e. The molecule has 8 heteroatoms. The van der Waals surface area contributed by atoms with Crippen molar-refractivity contribution in [2.24, 2.45) is 0 Å². The summed E-state index contributed by atoms with van der Waals surface area (Å²) < 4.78 is 10.8. The highest BCUT2D eigenvalue weighted by atomic mass is 16.6. The molecule has 140 valence electrons. The summed E-state index contributed by atoms with van der Waals surface area (Å²) in [5.74, 6) is -0.991. The molecule has 0 N–H and O–H groups in total. The molecule has 2 aliphatic rings. The molecule has 1 aliphatic carbocycles. The number of carbonyl (C=O) groups excluding carboxylic acids is 2. The summed E-state index contributed by atoms with van der Waals surface area (Å²) in [6, 6.07) is 4.17. The number of fused-ring (bicyclic) bond motifs is 1. The van der Waals surface area contributed by atoms with Gasteiger partial charge in [0, 0.05) is 18.2 Å². The molecule has 0 aromatic heterocycles. The summed E-state index contributed by atoms with van der Waals surface area (Å²) in [6.45, 7) is 2.21. The number of morpholine rings is 1. The van der Waals surface area contributed by atoms with Crippen molar-refractivity contribution in [3.05, 3.63) is 39.4 Å². The van der Waals surface area contributed by atoms with Crippen LogP contribution in [0.2, 0.25) is 0 Å². The summed E-state index contributed by atoms with van der Waals surface area (Å²) >= 11 is 0. The SMILES string of the molecule is Cc1ccc(C(=O)OCC(=O)N2CCO[C@H]3CCCC[C@H]32)cc1[N+](=O)[O-]. The molecule has 26 heavy (non-hydrogen) atoms. The Hall–Kier alpha value is -2.48. The Morgan fingerprint density at radius 3 is 2.88 bits per heavy atom. The van der Waals surface area contributed by atoms with Gasteiger partial charge in [0.05, 0.1) is 29.2 Å². The second kappa shape index (κ2) is 7.82. The third-order valence-electron chi connectivity index (χ3n) is 5.02. The van der Waals surface area contributed by atoms with Gasteiger partial charge in [-0.15, -0.1) is 0 Å². The van der Waals surface area contributed by atoms with Crippen molar-refractivity contribution in [2.75, 3.05) is 19.8 Å². The van der Waals surface area contributed by atoms with E-state index in [0.29, 0.717) is 18.7 Å². The number of hydrogen-bond donors (Lipinski definition) is 0. The maximum atomic E-state index is 12.5. The number of ether oxygens (including phenoxy) is 2. The van der Waals surface area contributed by atoms with Crippen LogP contribution in [0, 0.1) is 17.0 Å². The van der Waals surface area contributed by atoms with E-state index in [9.17, 15) is 19.7 Å². The van der Waals surface area contributed by atoms with E-state index in [1.807, 2.05) is 0 Å². The molecular weight excluding hydrogens is 340 g/mol. The van der Waals surface area contributed by atoms with Crippen LogP contribution in [0.4, 0.5) is 5.69 Å². The third kappa shape index (κ3) is 3.85. The van der Waals surface area contributed by atoms with E-state index >= 15 is 0 Å². The first-order valence-corrected chi connectivity index (χ1v) is 8.80. The monoisotopic (exact) mass is 362 g/mol. The molecule has 0 spiro atoms. The molecule has 2 atom stereocenters. The lowest BCUT2D eigenvalue weighted by molar-refractivity contribution is -0.385. The number of carbonyl (C=O) groups is 2. The smallest absolute Gasteiger partial charge is 0.338 e. The van der Waals surface area contributed by atoms with Gasteiger partial charge in [0.2, 0.25) is 0 Å². The molecule has 2 fully saturated rings. The second-order valence-corrected chi connectivity index (χ2v) is 6.68. The van der Waals surface area contributed by atoms with Crippen LogP contribution < -0.4 is 0 Å². The number of benzene rings is 1. The largest absolute Gasteiger partial charge is 0.452 e. The van der Waals surface area contributed by atoms with Crippen molar-refractivity contribution in [1.82, 2.24) is 4.90 Å².